The van der Waals surface area contributed by atoms with Gasteiger partial charge in [-0.1, -0.05) is 19.1 Å². The van der Waals surface area contributed by atoms with Gasteiger partial charge in [0.2, 0.25) is 5.91 Å². The van der Waals surface area contributed by atoms with E-state index in [1.54, 1.807) is 24.3 Å². The van der Waals surface area contributed by atoms with Crippen LogP contribution in [0.25, 0.3) is 0 Å². The lowest BCUT2D eigenvalue weighted by atomic mass is 10.3. The summed E-state index contributed by atoms with van der Waals surface area (Å²) in [6.07, 6.45) is 0.872. The summed E-state index contributed by atoms with van der Waals surface area (Å²) in [6, 6.07) is 10.3. The van der Waals surface area contributed by atoms with Crippen molar-refractivity contribution in [2.24, 2.45) is 0 Å². The molecule has 0 atom stereocenters. The molecule has 0 spiro atoms. The molecule has 0 aliphatic rings. The Hall–Kier alpha value is -2.28. The van der Waals surface area contributed by atoms with E-state index in [-0.39, 0.29) is 18.2 Å². The maximum Gasteiger partial charge on any atom is 0.287 e. The third-order valence-corrected chi connectivity index (χ3v) is 3.26. The van der Waals surface area contributed by atoms with Gasteiger partial charge in [0, 0.05) is 0 Å². The maximum absolute atomic E-state index is 12.0. The normalized spacial score (nSPS) is 10.2. The minimum atomic E-state index is -0.457. The molecule has 7 heteroatoms. The lowest BCUT2D eigenvalue weighted by Gasteiger charge is -2.12. The fraction of sp³-hybridized carbons (Fsp3) is 0.250. The molecule has 0 fully saturated rings. The van der Waals surface area contributed by atoms with Crippen LogP contribution >= 0.6 is 15.9 Å². The summed E-state index contributed by atoms with van der Waals surface area (Å²) in [5.41, 5.74) is 0.570. The zero-order valence-corrected chi connectivity index (χ0v) is 14.2. The molecular weight excluding hydrogens is 364 g/mol. The molecule has 1 aromatic carbocycles. The molecule has 1 aromatic heterocycles. The van der Waals surface area contributed by atoms with Gasteiger partial charge in [-0.25, -0.2) is 0 Å². The number of amides is 2. The van der Waals surface area contributed by atoms with Gasteiger partial charge in [0.1, 0.15) is 5.75 Å². The highest BCUT2D eigenvalue weighted by atomic mass is 79.9. The second kappa shape index (κ2) is 8.38. The Balaban J connectivity index is 1.88. The third-order valence-electron chi connectivity index (χ3n) is 2.83. The first-order chi connectivity index (χ1) is 11.1. The van der Waals surface area contributed by atoms with Crippen molar-refractivity contribution in [2.45, 2.75) is 13.3 Å². The fourth-order valence-electron chi connectivity index (χ4n) is 1.79. The van der Waals surface area contributed by atoms with Gasteiger partial charge in [-0.3, -0.25) is 9.59 Å². The van der Waals surface area contributed by atoms with E-state index in [9.17, 15) is 9.59 Å². The minimum Gasteiger partial charge on any atom is -0.491 e. The van der Waals surface area contributed by atoms with E-state index in [2.05, 4.69) is 26.6 Å². The van der Waals surface area contributed by atoms with Gasteiger partial charge < -0.3 is 19.8 Å². The number of ether oxygens (including phenoxy) is 1. The van der Waals surface area contributed by atoms with E-state index in [4.69, 9.17) is 9.15 Å². The molecule has 0 aliphatic heterocycles. The van der Waals surface area contributed by atoms with E-state index in [0.29, 0.717) is 22.7 Å². The number of anilines is 1. The van der Waals surface area contributed by atoms with E-state index < -0.39 is 5.91 Å². The largest absolute Gasteiger partial charge is 0.491 e. The van der Waals surface area contributed by atoms with Crippen LogP contribution in [-0.4, -0.2) is 25.0 Å². The van der Waals surface area contributed by atoms with Gasteiger partial charge >= 0.3 is 0 Å². The summed E-state index contributed by atoms with van der Waals surface area (Å²) < 4.78 is 11.1. The maximum atomic E-state index is 12.0. The molecule has 0 unspecified atom stereocenters. The molecule has 122 valence electrons. The van der Waals surface area contributed by atoms with Gasteiger partial charge in [-0.15, -0.1) is 0 Å². The molecule has 1 heterocycles. The predicted molar refractivity (Wildman–Crippen MR) is 89.6 cm³/mol. The topological polar surface area (TPSA) is 80.6 Å². The van der Waals surface area contributed by atoms with E-state index in [1.807, 2.05) is 13.0 Å². The van der Waals surface area contributed by atoms with Crippen LogP contribution in [0.1, 0.15) is 23.9 Å². The molecule has 23 heavy (non-hydrogen) atoms. The average Bonchev–Trinajstić information content (AvgIpc) is 2.98. The number of benzene rings is 1. The molecule has 0 bridgehead atoms. The monoisotopic (exact) mass is 380 g/mol. The lowest BCUT2D eigenvalue weighted by Crippen LogP contribution is -2.32. The number of hydrogen-bond donors (Lipinski definition) is 2. The molecule has 6 nitrogen and oxygen atoms in total. The fourth-order valence-corrected chi connectivity index (χ4v) is 2.09. The highest BCUT2D eigenvalue weighted by Gasteiger charge is 2.13. The summed E-state index contributed by atoms with van der Waals surface area (Å²) in [7, 11) is 0. The van der Waals surface area contributed by atoms with Gasteiger partial charge in [0.05, 0.1) is 18.8 Å². The van der Waals surface area contributed by atoms with Gasteiger partial charge in [-0.2, -0.15) is 0 Å². The first-order valence-corrected chi connectivity index (χ1v) is 7.94. The van der Waals surface area contributed by atoms with Crippen LogP contribution in [0.3, 0.4) is 0 Å². The molecule has 0 radical (unpaired) electrons. The second-order valence-electron chi connectivity index (χ2n) is 4.68. The van der Waals surface area contributed by atoms with Crippen molar-refractivity contribution in [2.75, 3.05) is 18.5 Å². The van der Waals surface area contributed by atoms with Crippen molar-refractivity contribution in [1.82, 2.24) is 5.32 Å². The van der Waals surface area contributed by atoms with Crippen molar-refractivity contribution in [3.05, 3.63) is 46.8 Å². The van der Waals surface area contributed by atoms with Crippen molar-refractivity contribution >= 4 is 33.4 Å². The zero-order valence-electron chi connectivity index (χ0n) is 12.6. The molecular formula is C16H17BrN2O4. The predicted octanol–water partition coefficient (Wildman–Crippen LogP) is 3.20. The number of halogens is 1. The third kappa shape index (κ3) is 5.14. The lowest BCUT2D eigenvalue weighted by molar-refractivity contribution is -0.115. The van der Waals surface area contributed by atoms with Gasteiger partial charge in [-0.05, 0) is 46.6 Å². The van der Waals surface area contributed by atoms with E-state index in [1.165, 1.54) is 6.07 Å². The Kier molecular flexibility index (Phi) is 6.22. The first-order valence-electron chi connectivity index (χ1n) is 7.15. The summed E-state index contributed by atoms with van der Waals surface area (Å²) >= 11 is 3.11. The number of rotatable bonds is 7. The number of para-hydroxylation sites is 2. The summed E-state index contributed by atoms with van der Waals surface area (Å²) in [5.74, 6) is -0.0711. The number of furan rings is 1. The van der Waals surface area contributed by atoms with Crippen LogP contribution in [0.15, 0.2) is 45.5 Å². The van der Waals surface area contributed by atoms with Crippen LogP contribution < -0.4 is 15.4 Å². The minimum absolute atomic E-state index is 0.136. The molecule has 0 saturated heterocycles. The number of nitrogens with one attached hydrogen (secondary N) is 2. The highest BCUT2D eigenvalue weighted by Crippen LogP contribution is 2.23. The Bertz CT molecular complexity index is 684. The summed E-state index contributed by atoms with van der Waals surface area (Å²) in [4.78, 5) is 23.8. The van der Waals surface area contributed by atoms with Gasteiger partial charge in [0.25, 0.3) is 5.91 Å². The van der Waals surface area contributed by atoms with Crippen molar-refractivity contribution in [1.29, 1.82) is 0 Å². The first kappa shape index (κ1) is 17.1. The van der Waals surface area contributed by atoms with Crippen molar-refractivity contribution in [3.8, 4) is 5.75 Å². The molecule has 2 aromatic rings. The Labute approximate surface area is 142 Å². The standard InChI is InChI=1S/C16H17BrN2O4/c1-2-9-22-12-6-4-3-5-11(12)19-15(20)10-18-16(21)13-7-8-14(17)23-13/h3-8H,2,9-10H2,1H3,(H,18,21)(H,19,20). The molecule has 2 rings (SSSR count). The Morgan fingerprint density at radius 2 is 2.00 bits per heavy atom. The van der Waals surface area contributed by atoms with Crippen LogP contribution in [0.5, 0.6) is 5.75 Å². The highest BCUT2D eigenvalue weighted by molar-refractivity contribution is 9.10. The van der Waals surface area contributed by atoms with E-state index >= 15 is 0 Å². The molecule has 2 amide bonds. The molecule has 2 N–H and O–H groups in total. The molecule has 0 aliphatic carbocycles. The van der Waals surface area contributed by atoms with Crippen LogP contribution in [0.2, 0.25) is 0 Å². The summed E-state index contributed by atoms with van der Waals surface area (Å²) in [6.45, 7) is 2.40. The SMILES string of the molecule is CCCOc1ccccc1NC(=O)CNC(=O)c1ccc(Br)o1. The van der Waals surface area contributed by atoms with Crippen molar-refractivity contribution < 1.29 is 18.7 Å². The number of hydrogen-bond acceptors (Lipinski definition) is 4. The zero-order chi connectivity index (χ0) is 16.7. The Morgan fingerprint density at radius 3 is 2.70 bits per heavy atom. The summed E-state index contributed by atoms with van der Waals surface area (Å²) in [5, 5.41) is 5.20. The van der Waals surface area contributed by atoms with Crippen molar-refractivity contribution in [3.63, 3.8) is 0 Å². The van der Waals surface area contributed by atoms with Crippen LogP contribution in [0, 0.1) is 0 Å². The Morgan fingerprint density at radius 1 is 1.22 bits per heavy atom. The van der Waals surface area contributed by atoms with Gasteiger partial charge in [0.15, 0.2) is 10.4 Å². The molecule has 0 saturated carbocycles. The number of carbonyl (C=O) groups is 2. The average molecular weight is 381 g/mol. The van der Waals surface area contributed by atoms with Crippen LogP contribution in [0.4, 0.5) is 5.69 Å². The quantitative estimate of drug-likeness (QED) is 0.772. The van der Waals surface area contributed by atoms with Crippen LogP contribution in [-0.2, 0) is 4.79 Å². The van der Waals surface area contributed by atoms with E-state index in [0.717, 1.165) is 6.42 Å². The number of carbonyl (C=O) groups excluding carboxylic acids is 2. The second-order valence-corrected chi connectivity index (χ2v) is 5.46. The smallest absolute Gasteiger partial charge is 0.287 e.